The van der Waals surface area contributed by atoms with Crippen LogP contribution in [0, 0.1) is 0 Å². The fourth-order valence-electron chi connectivity index (χ4n) is 0.541. The van der Waals surface area contributed by atoms with Crippen LogP contribution in [0.4, 0.5) is 0 Å². The summed E-state index contributed by atoms with van der Waals surface area (Å²) >= 11 is 6.86. The van der Waals surface area contributed by atoms with Crippen molar-refractivity contribution in [2.45, 2.75) is 12.8 Å². The molecule has 0 atom stereocenters. The first-order chi connectivity index (χ1) is 4.43. The molecule has 0 aliphatic rings. The van der Waals surface area contributed by atoms with Crippen LogP contribution in [0.1, 0.15) is 12.1 Å². The van der Waals surface area contributed by atoms with Crippen molar-refractivity contribution in [3.8, 4) is 0 Å². The Morgan fingerprint density at radius 1 is 1.67 bits per heavy atom. The van der Waals surface area contributed by atoms with Crippen molar-refractivity contribution in [1.82, 2.24) is 9.59 Å². The van der Waals surface area contributed by atoms with E-state index in [2.05, 4.69) is 9.59 Å². The predicted molar refractivity (Wildman–Crippen MR) is 39.0 cm³/mol. The van der Waals surface area contributed by atoms with Gasteiger partial charge in [-0.05, 0) is 24.4 Å². The second-order valence-corrected chi connectivity index (χ2v) is 2.68. The van der Waals surface area contributed by atoms with Crippen molar-refractivity contribution in [2.24, 2.45) is 0 Å². The summed E-state index contributed by atoms with van der Waals surface area (Å²) in [6.45, 7) is 0. The quantitative estimate of drug-likeness (QED) is 0.633. The van der Waals surface area contributed by atoms with Crippen molar-refractivity contribution in [3.05, 3.63) is 11.1 Å². The summed E-state index contributed by atoms with van der Waals surface area (Å²) in [5.74, 6) is 0.706. The van der Waals surface area contributed by atoms with E-state index in [0.717, 1.165) is 18.5 Å². The van der Waals surface area contributed by atoms with Crippen LogP contribution in [0.15, 0.2) is 5.38 Å². The van der Waals surface area contributed by atoms with Crippen molar-refractivity contribution >= 4 is 23.1 Å². The van der Waals surface area contributed by atoms with Gasteiger partial charge in [-0.25, -0.2) is 0 Å². The van der Waals surface area contributed by atoms with Gasteiger partial charge in [0, 0.05) is 11.3 Å². The molecule has 0 spiro atoms. The normalized spacial score (nSPS) is 9.89. The molecular formula is C5H7ClN2S. The van der Waals surface area contributed by atoms with Crippen LogP contribution in [0.3, 0.4) is 0 Å². The van der Waals surface area contributed by atoms with Gasteiger partial charge >= 0.3 is 0 Å². The molecule has 4 heteroatoms. The van der Waals surface area contributed by atoms with E-state index in [1.54, 1.807) is 0 Å². The SMILES string of the molecule is ClCCCc1csnn1. The number of rotatable bonds is 3. The van der Waals surface area contributed by atoms with Gasteiger partial charge in [0.2, 0.25) is 0 Å². The Bertz CT molecular complexity index is 152. The number of nitrogens with zero attached hydrogens (tertiary/aromatic N) is 2. The van der Waals surface area contributed by atoms with Crippen LogP contribution in [0.5, 0.6) is 0 Å². The molecular weight excluding hydrogens is 156 g/mol. The fraction of sp³-hybridized carbons (Fsp3) is 0.600. The Morgan fingerprint density at radius 3 is 3.11 bits per heavy atom. The van der Waals surface area contributed by atoms with E-state index in [4.69, 9.17) is 11.6 Å². The lowest BCUT2D eigenvalue weighted by Gasteiger charge is -1.86. The zero-order valence-electron chi connectivity index (χ0n) is 4.88. The zero-order chi connectivity index (χ0) is 6.53. The van der Waals surface area contributed by atoms with E-state index >= 15 is 0 Å². The van der Waals surface area contributed by atoms with Crippen LogP contribution < -0.4 is 0 Å². The minimum Gasteiger partial charge on any atom is -0.143 e. The first-order valence-corrected chi connectivity index (χ1v) is 4.12. The largest absolute Gasteiger partial charge is 0.143 e. The number of aryl methyl sites for hydroxylation is 1. The van der Waals surface area contributed by atoms with Crippen molar-refractivity contribution in [2.75, 3.05) is 5.88 Å². The summed E-state index contributed by atoms with van der Waals surface area (Å²) in [4.78, 5) is 0. The van der Waals surface area contributed by atoms with Crippen LogP contribution in [-0.4, -0.2) is 15.5 Å². The Labute approximate surface area is 63.0 Å². The molecule has 0 aliphatic heterocycles. The van der Waals surface area contributed by atoms with Gasteiger partial charge in [-0.3, -0.25) is 0 Å². The lowest BCUT2D eigenvalue weighted by atomic mass is 10.3. The smallest absolute Gasteiger partial charge is 0.0755 e. The van der Waals surface area contributed by atoms with Gasteiger partial charge in [-0.15, -0.1) is 16.7 Å². The third-order valence-corrected chi connectivity index (χ3v) is 1.79. The first-order valence-electron chi connectivity index (χ1n) is 2.75. The molecule has 0 aromatic carbocycles. The number of hydrogen-bond donors (Lipinski definition) is 0. The highest BCUT2D eigenvalue weighted by Crippen LogP contribution is 2.00. The average Bonchev–Trinajstić information content (AvgIpc) is 2.34. The molecule has 0 aliphatic carbocycles. The number of aromatic nitrogens is 2. The number of alkyl halides is 1. The fourth-order valence-corrected chi connectivity index (χ4v) is 1.16. The third-order valence-electron chi connectivity index (χ3n) is 0.972. The minimum absolute atomic E-state index is 0.706. The molecule has 0 N–H and O–H groups in total. The lowest BCUT2D eigenvalue weighted by molar-refractivity contribution is 0.875. The van der Waals surface area contributed by atoms with E-state index < -0.39 is 0 Å². The van der Waals surface area contributed by atoms with Crippen LogP contribution in [0.25, 0.3) is 0 Å². The van der Waals surface area contributed by atoms with Crippen LogP contribution >= 0.6 is 23.1 Å². The monoisotopic (exact) mass is 162 g/mol. The maximum atomic E-state index is 5.47. The van der Waals surface area contributed by atoms with Gasteiger partial charge in [-0.1, -0.05) is 4.49 Å². The van der Waals surface area contributed by atoms with Crippen molar-refractivity contribution < 1.29 is 0 Å². The third kappa shape index (κ3) is 2.28. The highest BCUT2D eigenvalue weighted by atomic mass is 35.5. The standard InChI is InChI=1S/C5H7ClN2S/c6-3-1-2-5-4-9-8-7-5/h4H,1-3H2. The predicted octanol–water partition coefficient (Wildman–Crippen LogP) is 1.71. The van der Waals surface area contributed by atoms with E-state index in [9.17, 15) is 0 Å². The number of hydrogen-bond acceptors (Lipinski definition) is 3. The Kier molecular flexibility index (Phi) is 2.94. The first kappa shape index (κ1) is 6.96. The Balaban J connectivity index is 2.30. The van der Waals surface area contributed by atoms with Crippen molar-refractivity contribution in [1.29, 1.82) is 0 Å². The van der Waals surface area contributed by atoms with Crippen molar-refractivity contribution in [3.63, 3.8) is 0 Å². The van der Waals surface area contributed by atoms with Gasteiger partial charge in [0.05, 0.1) is 5.69 Å². The zero-order valence-corrected chi connectivity index (χ0v) is 6.45. The van der Waals surface area contributed by atoms with Gasteiger partial charge in [0.15, 0.2) is 0 Å². The van der Waals surface area contributed by atoms with E-state index in [-0.39, 0.29) is 0 Å². The molecule has 0 bridgehead atoms. The van der Waals surface area contributed by atoms with Crippen LogP contribution in [0.2, 0.25) is 0 Å². The second-order valence-electron chi connectivity index (χ2n) is 1.69. The molecule has 0 radical (unpaired) electrons. The van der Waals surface area contributed by atoms with E-state index in [1.807, 2.05) is 5.38 Å². The summed E-state index contributed by atoms with van der Waals surface area (Å²) in [5, 5.41) is 5.81. The summed E-state index contributed by atoms with van der Waals surface area (Å²) < 4.78 is 3.72. The van der Waals surface area contributed by atoms with Gasteiger partial charge in [-0.2, -0.15) is 0 Å². The van der Waals surface area contributed by atoms with Gasteiger partial charge in [0.25, 0.3) is 0 Å². The Morgan fingerprint density at radius 2 is 2.56 bits per heavy atom. The minimum atomic E-state index is 0.706. The molecule has 0 unspecified atom stereocenters. The molecule has 50 valence electrons. The summed E-state index contributed by atoms with van der Waals surface area (Å²) in [7, 11) is 0. The summed E-state index contributed by atoms with van der Waals surface area (Å²) in [5.41, 5.74) is 1.06. The summed E-state index contributed by atoms with van der Waals surface area (Å²) in [6, 6.07) is 0. The molecule has 0 saturated carbocycles. The molecule has 1 rings (SSSR count). The lowest BCUT2D eigenvalue weighted by Crippen LogP contribution is -1.85. The molecule has 0 fully saturated rings. The highest BCUT2D eigenvalue weighted by molar-refractivity contribution is 7.03. The van der Waals surface area contributed by atoms with Gasteiger partial charge < -0.3 is 0 Å². The molecule has 2 nitrogen and oxygen atoms in total. The van der Waals surface area contributed by atoms with Gasteiger partial charge in [0.1, 0.15) is 0 Å². The second kappa shape index (κ2) is 3.80. The highest BCUT2D eigenvalue weighted by Gasteiger charge is 1.93. The van der Waals surface area contributed by atoms with E-state index in [1.165, 1.54) is 11.5 Å². The summed E-state index contributed by atoms with van der Waals surface area (Å²) in [6.07, 6.45) is 1.95. The average molecular weight is 163 g/mol. The molecule has 1 aromatic heterocycles. The topological polar surface area (TPSA) is 25.8 Å². The Hall–Kier alpha value is -0.150. The molecule has 0 amide bonds. The molecule has 1 aromatic rings. The van der Waals surface area contributed by atoms with Crippen LogP contribution in [-0.2, 0) is 6.42 Å². The molecule has 0 saturated heterocycles. The van der Waals surface area contributed by atoms with E-state index in [0.29, 0.717) is 5.88 Å². The number of halogens is 1. The maximum absolute atomic E-state index is 5.47. The molecule has 9 heavy (non-hydrogen) atoms. The maximum Gasteiger partial charge on any atom is 0.0755 e. The molecule has 1 heterocycles.